The molecule has 0 saturated carbocycles. The summed E-state index contributed by atoms with van der Waals surface area (Å²) in [7, 11) is -3.73. The van der Waals surface area contributed by atoms with E-state index >= 15 is 0 Å². The maximum absolute atomic E-state index is 13.2. The number of pyridine rings is 1. The van der Waals surface area contributed by atoms with Crippen molar-refractivity contribution in [2.24, 2.45) is 5.14 Å². The first-order valence-electron chi connectivity index (χ1n) is 10.4. The molecule has 1 amide bonds. The molecule has 0 radical (unpaired) electrons. The van der Waals surface area contributed by atoms with Crippen molar-refractivity contribution in [1.82, 2.24) is 19.9 Å². The Morgan fingerprint density at radius 1 is 1.06 bits per heavy atom. The van der Waals surface area contributed by atoms with E-state index in [2.05, 4.69) is 15.3 Å². The SMILES string of the molecule is NS(=O)(=O)c1ccc(CCNC(=O)Cn2c(SCc3ccc(F)cc3)nc3cccnc32)cc1. The van der Waals surface area contributed by atoms with Gasteiger partial charge in [0.1, 0.15) is 17.9 Å². The van der Waals surface area contributed by atoms with Gasteiger partial charge in [0.2, 0.25) is 15.9 Å². The van der Waals surface area contributed by atoms with E-state index in [1.165, 1.54) is 36.0 Å². The lowest BCUT2D eigenvalue weighted by molar-refractivity contribution is -0.121. The van der Waals surface area contributed by atoms with Crippen molar-refractivity contribution in [2.75, 3.05) is 6.54 Å². The number of fused-ring (bicyclic) bond motifs is 1. The van der Waals surface area contributed by atoms with Gasteiger partial charge in [-0.05, 0) is 53.9 Å². The smallest absolute Gasteiger partial charge is 0.240 e. The van der Waals surface area contributed by atoms with Crippen molar-refractivity contribution < 1.29 is 17.6 Å². The number of halogens is 1. The van der Waals surface area contributed by atoms with Crippen molar-refractivity contribution >= 4 is 38.9 Å². The summed E-state index contributed by atoms with van der Waals surface area (Å²) in [4.78, 5) is 21.7. The van der Waals surface area contributed by atoms with Crippen LogP contribution in [0.15, 0.2) is 76.9 Å². The number of primary sulfonamides is 1. The van der Waals surface area contributed by atoms with Gasteiger partial charge in [0.05, 0.1) is 4.90 Å². The highest BCUT2D eigenvalue weighted by Crippen LogP contribution is 2.26. The molecular formula is C23H22FN5O3S2. The largest absolute Gasteiger partial charge is 0.354 e. The van der Waals surface area contributed by atoms with E-state index in [4.69, 9.17) is 5.14 Å². The molecule has 4 aromatic rings. The summed E-state index contributed by atoms with van der Waals surface area (Å²) in [6.45, 7) is 0.426. The van der Waals surface area contributed by atoms with Crippen LogP contribution >= 0.6 is 11.8 Å². The van der Waals surface area contributed by atoms with Gasteiger partial charge in [-0.15, -0.1) is 0 Å². The minimum atomic E-state index is -3.73. The second-order valence-electron chi connectivity index (χ2n) is 7.53. The number of carbonyl (C=O) groups is 1. The predicted molar refractivity (Wildman–Crippen MR) is 128 cm³/mol. The highest BCUT2D eigenvalue weighted by atomic mass is 32.2. The molecule has 3 N–H and O–H groups in total. The van der Waals surface area contributed by atoms with Gasteiger partial charge in [-0.1, -0.05) is 36.0 Å². The van der Waals surface area contributed by atoms with Gasteiger partial charge < -0.3 is 5.32 Å². The number of benzene rings is 2. The molecule has 0 spiro atoms. The van der Waals surface area contributed by atoms with E-state index in [0.717, 1.165) is 11.1 Å². The molecule has 0 unspecified atom stereocenters. The number of carbonyl (C=O) groups excluding carboxylic acids is 1. The molecule has 2 aromatic heterocycles. The molecule has 0 bridgehead atoms. The number of nitrogens with two attached hydrogens (primary N) is 1. The molecule has 0 aliphatic heterocycles. The fourth-order valence-corrected chi connectivity index (χ4v) is 4.78. The Morgan fingerprint density at radius 2 is 1.76 bits per heavy atom. The van der Waals surface area contributed by atoms with Gasteiger partial charge in [-0.3, -0.25) is 9.36 Å². The van der Waals surface area contributed by atoms with Crippen molar-refractivity contribution in [2.45, 2.75) is 28.8 Å². The summed E-state index contributed by atoms with van der Waals surface area (Å²) in [5.41, 5.74) is 3.11. The number of sulfonamides is 1. The molecule has 0 fully saturated rings. The maximum atomic E-state index is 13.2. The number of rotatable bonds is 9. The molecule has 11 heteroatoms. The van der Waals surface area contributed by atoms with Crippen LogP contribution in [0.2, 0.25) is 0 Å². The molecule has 2 aromatic carbocycles. The molecule has 0 aliphatic rings. The second-order valence-corrected chi connectivity index (χ2v) is 10.0. The number of hydrogen-bond acceptors (Lipinski definition) is 6. The summed E-state index contributed by atoms with van der Waals surface area (Å²) >= 11 is 1.45. The molecule has 8 nitrogen and oxygen atoms in total. The van der Waals surface area contributed by atoms with Crippen LogP contribution in [0.1, 0.15) is 11.1 Å². The van der Waals surface area contributed by atoms with Crippen LogP contribution in [-0.2, 0) is 33.5 Å². The van der Waals surface area contributed by atoms with Crippen molar-refractivity contribution in [3.8, 4) is 0 Å². The second kappa shape index (κ2) is 10.3. The third-order valence-corrected chi connectivity index (χ3v) is 7.02. The van der Waals surface area contributed by atoms with Crippen LogP contribution in [0, 0.1) is 5.82 Å². The van der Waals surface area contributed by atoms with Crippen LogP contribution in [0.3, 0.4) is 0 Å². The summed E-state index contributed by atoms with van der Waals surface area (Å²) in [6, 6.07) is 16.1. The minimum Gasteiger partial charge on any atom is -0.354 e. The summed E-state index contributed by atoms with van der Waals surface area (Å²) in [5.74, 6) is 0.0803. The Labute approximate surface area is 200 Å². The normalized spacial score (nSPS) is 11.6. The molecule has 2 heterocycles. The van der Waals surface area contributed by atoms with Crippen molar-refractivity contribution in [3.05, 3.63) is 83.8 Å². The van der Waals surface area contributed by atoms with Gasteiger partial charge in [-0.25, -0.2) is 27.9 Å². The van der Waals surface area contributed by atoms with Crippen LogP contribution < -0.4 is 10.5 Å². The number of thioether (sulfide) groups is 1. The maximum Gasteiger partial charge on any atom is 0.240 e. The minimum absolute atomic E-state index is 0.0453. The fraction of sp³-hybridized carbons (Fsp3) is 0.174. The number of amides is 1. The Morgan fingerprint density at radius 3 is 2.47 bits per heavy atom. The molecule has 4 rings (SSSR count). The van der Waals surface area contributed by atoms with Crippen LogP contribution in [-0.4, -0.2) is 35.4 Å². The van der Waals surface area contributed by atoms with Gasteiger partial charge in [-0.2, -0.15) is 0 Å². The van der Waals surface area contributed by atoms with E-state index < -0.39 is 10.0 Å². The lowest BCUT2D eigenvalue weighted by atomic mass is 10.1. The summed E-state index contributed by atoms with van der Waals surface area (Å²) in [5, 5.41) is 8.63. The highest BCUT2D eigenvalue weighted by Gasteiger charge is 2.15. The standard InChI is InChI=1S/C23H22FN5O3S2/c24-18-7-3-17(4-8-18)15-33-23-28-20-2-1-12-27-22(20)29(23)14-21(30)26-13-11-16-5-9-19(10-6-16)34(25,31)32/h1-10,12H,11,13-15H2,(H,26,30)(H2,25,31,32). The van der Waals surface area contributed by atoms with Gasteiger partial charge in [0, 0.05) is 18.5 Å². The zero-order chi connectivity index (χ0) is 24.1. The van der Waals surface area contributed by atoms with Crippen LogP contribution in [0.4, 0.5) is 4.39 Å². The average Bonchev–Trinajstić information content (AvgIpc) is 3.16. The Kier molecular flexibility index (Phi) is 7.25. The Balaban J connectivity index is 1.39. The molecule has 0 aliphatic carbocycles. The number of nitrogens with one attached hydrogen (secondary N) is 1. The first-order chi connectivity index (χ1) is 16.3. The van der Waals surface area contributed by atoms with Gasteiger partial charge >= 0.3 is 0 Å². The first kappa shape index (κ1) is 23.9. The number of nitrogens with zero attached hydrogens (tertiary/aromatic N) is 3. The van der Waals surface area contributed by atoms with Crippen LogP contribution in [0.5, 0.6) is 0 Å². The number of imidazole rings is 1. The summed E-state index contributed by atoms with van der Waals surface area (Å²) < 4.78 is 37.6. The van der Waals surface area contributed by atoms with Crippen molar-refractivity contribution in [1.29, 1.82) is 0 Å². The zero-order valence-corrected chi connectivity index (χ0v) is 19.7. The third-order valence-electron chi connectivity index (χ3n) is 5.04. The highest BCUT2D eigenvalue weighted by molar-refractivity contribution is 7.98. The topological polar surface area (TPSA) is 120 Å². The molecule has 34 heavy (non-hydrogen) atoms. The van der Waals surface area contributed by atoms with Crippen LogP contribution in [0.25, 0.3) is 11.2 Å². The monoisotopic (exact) mass is 499 g/mol. The van der Waals surface area contributed by atoms with E-state index in [-0.39, 0.29) is 23.2 Å². The first-order valence-corrected chi connectivity index (χ1v) is 12.9. The Bertz CT molecular complexity index is 1410. The van der Waals surface area contributed by atoms with Crippen molar-refractivity contribution in [3.63, 3.8) is 0 Å². The number of hydrogen-bond donors (Lipinski definition) is 2. The third kappa shape index (κ3) is 5.99. The number of aromatic nitrogens is 3. The van der Waals surface area contributed by atoms with E-state index in [1.54, 1.807) is 41.1 Å². The molecule has 0 atom stereocenters. The molecule has 176 valence electrons. The van der Waals surface area contributed by atoms with E-state index in [0.29, 0.717) is 35.0 Å². The lowest BCUT2D eigenvalue weighted by Crippen LogP contribution is -2.29. The lowest BCUT2D eigenvalue weighted by Gasteiger charge is -2.10. The van der Waals surface area contributed by atoms with E-state index in [1.807, 2.05) is 6.07 Å². The predicted octanol–water partition coefficient (Wildman–Crippen LogP) is 2.87. The summed E-state index contributed by atoms with van der Waals surface area (Å²) in [6.07, 6.45) is 2.18. The van der Waals surface area contributed by atoms with Gasteiger partial charge in [0.15, 0.2) is 10.8 Å². The van der Waals surface area contributed by atoms with Gasteiger partial charge in [0.25, 0.3) is 0 Å². The molecule has 0 saturated heterocycles. The molecular weight excluding hydrogens is 477 g/mol. The Hall–Kier alpha value is -3.28. The van der Waals surface area contributed by atoms with E-state index in [9.17, 15) is 17.6 Å². The average molecular weight is 500 g/mol. The fourth-order valence-electron chi connectivity index (χ4n) is 3.31. The zero-order valence-electron chi connectivity index (χ0n) is 18.0. The quantitative estimate of drug-likeness (QED) is 0.342.